The van der Waals surface area contributed by atoms with Gasteiger partial charge < -0.3 is 24.8 Å². The van der Waals surface area contributed by atoms with Crippen molar-refractivity contribution < 1.29 is 19.0 Å². The first-order valence-electron chi connectivity index (χ1n) is 7.79. The molecule has 0 spiro atoms. The number of aryl methyl sites for hydroxylation is 1. The number of amides is 1. The number of anilines is 2. The number of carbonyl (C=O) groups is 1. The van der Waals surface area contributed by atoms with Crippen molar-refractivity contribution in [3.05, 3.63) is 34.7 Å². The number of ether oxygens (including phenoxy) is 3. The van der Waals surface area contributed by atoms with E-state index in [-0.39, 0.29) is 5.69 Å². The minimum Gasteiger partial charge on any atom is -0.495 e. The lowest BCUT2D eigenvalue weighted by atomic mass is 10.2. The van der Waals surface area contributed by atoms with Gasteiger partial charge >= 0.3 is 0 Å². The van der Waals surface area contributed by atoms with E-state index >= 15 is 0 Å². The lowest BCUT2D eigenvalue weighted by Crippen LogP contribution is -2.17. The molecule has 1 aromatic carbocycles. The zero-order valence-corrected chi connectivity index (χ0v) is 15.8. The summed E-state index contributed by atoms with van der Waals surface area (Å²) in [5, 5.41) is 6.21. The molecule has 1 heterocycles. The van der Waals surface area contributed by atoms with Crippen LogP contribution in [0.15, 0.2) is 18.2 Å². The van der Waals surface area contributed by atoms with Crippen molar-refractivity contribution in [3.63, 3.8) is 0 Å². The third-order valence-electron chi connectivity index (χ3n) is 3.41. The molecule has 140 valence electrons. The van der Waals surface area contributed by atoms with Gasteiger partial charge in [-0.25, -0.2) is 9.97 Å². The van der Waals surface area contributed by atoms with Gasteiger partial charge in [0.25, 0.3) is 5.91 Å². The lowest BCUT2D eigenvalue weighted by molar-refractivity contribution is 0.102. The molecule has 1 aromatic heterocycles. The Hall–Kier alpha value is -2.58. The summed E-state index contributed by atoms with van der Waals surface area (Å²) >= 11 is 6.08. The van der Waals surface area contributed by atoms with Crippen molar-refractivity contribution in [2.24, 2.45) is 0 Å². The Bertz CT molecular complexity index is 786. The fourth-order valence-electron chi connectivity index (χ4n) is 2.20. The maximum Gasteiger partial charge on any atom is 0.274 e. The molecule has 0 fully saturated rings. The van der Waals surface area contributed by atoms with Crippen LogP contribution in [0.4, 0.5) is 11.5 Å². The molecule has 0 aliphatic heterocycles. The van der Waals surface area contributed by atoms with Gasteiger partial charge in [-0.05, 0) is 6.92 Å². The Kier molecular flexibility index (Phi) is 6.99. The normalized spacial score (nSPS) is 10.3. The second kappa shape index (κ2) is 9.21. The fourth-order valence-corrected chi connectivity index (χ4v) is 2.43. The van der Waals surface area contributed by atoms with Gasteiger partial charge in [0.1, 0.15) is 28.8 Å². The third kappa shape index (κ3) is 4.96. The highest BCUT2D eigenvalue weighted by atomic mass is 35.5. The predicted molar refractivity (Wildman–Crippen MR) is 99.6 cm³/mol. The number of rotatable bonds is 8. The van der Waals surface area contributed by atoms with Gasteiger partial charge in [0, 0.05) is 31.9 Å². The number of nitrogens with one attached hydrogen (secondary N) is 2. The third-order valence-corrected chi connectivity index (χ3v) is 3.70. The summed E-state index contributed by atoms with van der Waals surface area (Å²) in [6.07, 6.45) is 0. The van der Waals surface area contributed by atoms with Gasteiger partial charge in [-0.1, -0.05) is 11.6 Å². The standard InChI is InChI=1S/C17H21ClN4O4/c1-10-20-13(9-16(21-10)19-5-6-24-2)17(23)22-12-8-14(25-3)11(18)7-15(12)26-4/h7-9H,5-6H2,1-4H3,(H,22,23)(H,19,20,21). The molecule has 2 rings (SSSR count). The molecule has 1 amide bonds. The van der Waals surface area contributed by atoms with Crippen LogP contribution in [-0.2, 0) is 4.74 Å². The summed E-state index contributed by atoms with van der Waals surface area (Å²) < 4.78 is 15.4. The van der Waals surface area contributed by atoms with Gasteiger partial charge in [-0.3, -0.25) is 4.79 Å². The highest BCUT2D eigenvalue weighted by Gasteiger charge is 2.16. The molecule has 0 aliphatic rings. The summed E-state index contributed by atoms with van der Waals surface area (Å²) in [5.74, 6) is 1.43. The van der Waals surface area contributed by atoms with E-state index in [0.717, 1.165) is 0 Å². The van der Waals surface area contributed by atoms with Crippen LogP contribution in [0.25, 0.3) is 0 Å². The summed E-state index contributed by atoms with van der Waals surface area (Å²) in [6.45, 7) is 2.80. The van der Waals surface area contributed by atoms with Crippen LogP contribution in [0.2, 0.25) is 5.02 Å². The molecule has 2 N–H and O–H groups in total. The van der Waals surface area contributed by atoms with E-state index in [1.165, 1.54) is 14.2 Å². The molecule has 0 saturated heterocycles. The van der Waals surface area contributed by atoms with Crippen molar-refractivity contribution in [2.45, 2.75) is 6.92 Å². The quantitative estimate of drug-likeness (QED) is 0.680. The van der Waals surface area contributed by atoms with Crippen molar-refractivity contribution in [3.8, 4) is 11.5 Å². The lowest BCUT2D eigenvalue weighted by Gasteiger charge is -2.13. The van der Waals surface area contributed by atoms with Gasteiger partial charge in [-0.15, -0.1) is 0 Å². The summed E-state index contributed by atoms with van der Waals surface area (Å²) in [7, 11) is 4.59. The molecule has 0 radical (unpaired) electrons. The highest BCUT2D eigenvalue weighted by Crippen LogP contribution is 2.36. The van der Waals surface area contributed by atoms with Gasteiger partial charge in [0.05, 0.1) is 31.5 Å². The molecule has 0 atom stereocenters. The Morgan fingerprint density at radius 1 is 1.12 bits per heavy atom. The van der Waals surface area contributed by atoms with Crippen LogP contribution in [0, 0.1) is 6.92 Å². The monoisotopic (exact) mass is 380 g/mol. The van der Waals surface area contributed by atoms with Crippen LogP contribution in [0.5, 0.6) is 11.5 Å². The summed E-state index contributed by atoms with van der Waals surface area (Å²) in [5.41, 5.74) is 0.636. The summed E-state index contributed by atoms with van der Waals surface area (Å²) in [4.78, 5) is 21.0. The van der Waals surface area contributed by atoms with Crippen LogP contribution in [0.3, 0.4) is 0 Å². The van der Waals surface area contributed by atoms with Crippen LogP contribution >= 0.6 is 11.6 Å². The van der Waals surface area contributed by atoms with Crippen molar-refractivity contribution >= 4 is 29.0 Å². The topological polar surface area (TPSA) is 94.6 Å². The van der Waals surface area contributed by atoms with Crippen molar-refractivity contribution in [2.75, 3.05) is 45.1 Å². The molecule has 0 saturated carbocycles. The minimum atomic E-state index is -0.409. The second-order valence-corrected chi connectivity index (χ2v) is 5.65. The van der Waals surface area contributed by atoms with Crippen LogP contribution < -0.4 is 20.1 Å². The smallest absolute Gasteiger partial charge is 0.274 e. The molecule has 0 bridgehead atoms. The Morgan fingerprint density at radius 2 is 1.85 bits per heavy atom. The molecular formula is C17H21ClN4O4. The average molecular weight is 381 g/mol. The first-order chi connectivity index (χ1) is 12.5. The highest BCUT2D eigenvalue weighted by molar-refractivity contribution is 6.32. The minimum absolute atomic E-state index is 0.216. The SMILES string of the molecule is COCCNc1cc(C(=O)Nc2cc(OC)c(Cl)cc2OC)nc(C)n1. The molecule has 2 aromatic rings. The number of carbonyl (C=O) groups excluding carboxylic acids is 1. The Balaban J connectivity index is 2.24. The van der Waals surface area contributed by atoms with Gasteiger partial charge in [0.2, 0.25) is 0 Å². The number of aromatic nitrogens is 2. The first kappa shape index (κ1) is 19.7. The molecule has 26 heavy (non-hydrogen) atoms. The van der Waals surface area contributed by atoms with Crippen LogP contribution in [0.1, 0.15) is 16.3 Å². The van der Waals surface area contributed by atoms with E-state index in [2.05, 4.69) is 20.6 Å². The largest absolute Gasteiger partial charge is 0.495 e. The van der Waals surface area contributed by atoms with E-state index in [1.807, 2.05) is 0 Å². The molecular weight excluding hydrogens is 360 g/mol. The second-order valence-electron chi connectivity index (χ2n) is 5.25. The van der Waals surface area contributed by atoms with Gasteiger partial charge in [-0.2, -0.15) is 0 Å². The number of benzene rings is 1. The maximum atomic E-state index is 12.6. The summed E-state index contributed by atoms with van der Waals surface area (Å²) in [6, 6.07) is 4.72. The average Bonchev–Trinajstić information content (AvgIpc) is 2.62. The van der Waals surface area contributed by atoms with E-state index in [0.29, 0.717) is 47.0 Å². The van der Waals surface area contributed by atoms with Crippen molar-refractivity contribution in [1.82, 2.24) is 9.97 Å². The Labute approximate surface area is 156 Å². The molecule has 0 aliphatic carbocycles. The predicted octanol–water partition coefficient (Wildman–Crippen LogP) is 2.77. The van der Waals surface area contributed by atoms with Crippen molar-refractivity contribution in [1.29, 1.82) is 0 Å². The number of hydrogen-bond donors (Lipinski definition) is 2. The zero-order valence-electron chi connectivity index (χ0n) is 15.1. The van der Waals surface area contributed by atoms with E-state index in [1.54, 1.807) is 32.2 Å². The maximum absolute atomic E-state index is 12.6. The van der Waals surface area contributed by atoms with E-state index in [4.69, 9.17) is 25.8 Å². The van der Waals surface area contributed by atoms with E-state index < -0.39 is 5.91 Å². The number of methoxy groups -OCH3 is 3. The number of nitrogens with zero attached hydrogens (tertiary/aromatic N) is 2. The Morgan fingerprint density at radius 3 is 2.50 bits per heavy atom. The number of hydrogen-bond acceptors (Lipinski definition) is 7. The molecule has 8 nitrogen and oxygen atoms in total. The van der Waals surface area contributed by atoms with Gasteiger partial charge in [0.15, 0.2) is 0 Å². The van der Waals surface area contributed by atoms with Crippen LogP contribution in [-0.4, -0.2) is 50.4 Å². The molecule has 9 heteroatoms. The first-order valence-corrected chi connectivity index (χ1v) is 8.17. The van der Waals surface area contributed by atoms with E-state index in [9.17, 15) is 4.79 Å². The zero-order chi connectivity index (χ0) is 19.1. The molecule has 0 unspecified atom stereocenters. The number of halogens is 1. The fraction of sp³-hybridized carbons (Fsp3) is 0.353.